The third-order valence-corrected chi connectivity index (χ3v) is 5.72. The van der Waals surface area contributed by atoms with Crippen molar-refractivity contribution in [1.82, 2.24) is 10.3 Å². The molecular formula is C20H17FN2OS. The van der Waals surface area contributed by atoms with E-state index in [9.17, 15) is 9.18 Å². The molecule has 0 saturated carbocycles. The van der Waals surface area contributed by atoms with Gasteiger partial charge >= 0.3 is 0 Å². The van der Waals surface area contributed by atoms with Gasteiger partial charge in [-0.05, 0) is 42.7 Å². The van der Waals surface area contributed by atoms with Crippen LogP contribution in [0.25, 0.3) is 21.0 Å². The van der Waals surface area contributed by atoms with Gasteiger partial charge in [0.1, 0.15) is 5.82 Å². The summed E-state index contributed by atoms with van der Waals surface area (Å²) in [4.78, 5) is 16.3. The summed E-state index contributed by atoms with van der Waals surface area (Å²) in [6, 6.07) is 13.1. The van der Waals surface area contributed by atoms with Crippen LogP contribution in [0.2, 0.25) is 0 Å². The third-order valence-electron chi connectivity index (χ3n) is 4.46. The van der Waals surface area contributed by atoms with Crippen molar-refractivity contribution < 1.29 is 9.18 Å². The van der Waals surface area contributed by atoms with E-state index in [-0.39, 0.29) is 11.7 Å². The monoisotopic (exact) mass is 352 g/mol. The Hall–Kier alpha value is -2.66. The fourth-order valence-corrected chi connectivity index (χ4v) is 4.34. The second-order valence-corrected chi connectivity index (χ2v) is 7.09. The predicted molar refractivity (Wildman–Crippen MR) is 101 cm³/mol. The molecule has 0 radical (unpaired) electrons. The number of fused-ring (bicyclic) bond motifs is 2. The molecule has 0 unspecified atom stereocenters. The van der Waals surface area contributed by atoms with E-state index in [1.54, 1.807) is 13.0 Å². The molecule has 0 saturated heterocycles. The molecule has 2 heterocycles. The SMILES string of the molecule is Cc1c(C(=O)NCCc2c[nH]c3ccccc23)sc2cccc(F)c12. The molecule has 25 heavy (non-hydrogen) atoms. The van der Waals surface area contributed by atoms with Crippen molar-refractivity contribution in [3.63, 3.8) is 0 Å². The van der Waals surface area contributed by atoms with Crippen LogP contribution in [0, 0.1) is 12.7 Å². The number of carbonyl (C=O) groups is 1. The molecule has 2 aromatic heterocycles. The fourth-order valence-electron chi connectivity index (χ4n) is 3.20. The standard InChI is InChI=1S/C20H17FN2OS/c1-12-18-15(21)6-4-8-17(18)25-19(12)20(24)22-10-9-13-11-23-16-7-3-2-5-14(13)16/h2-8,11,23H,9-10H2,1H3,(H,22,24). The zero-order valence-electron chi connectivity index (χ0n) is 13.7. The summed E-state index contributed by atoms with van der Waals surface area (Å²) >= 11 is 1.34. The number of H-pyrrole nitrogens is 1. The molecule has 2 N–H and O–H groups in total. The average Bonchev–Trinajstić information content (AvgIpc) is 3.17. The number of para-hydroxylation sites is 1. The zero-order valence-corrected chi connectivity index (χ0v) is 14.5. The third kappa shape index (κ3) is 2.81. The van der Waals surface area contributed by atoms with Gasteiger partial charge < -0.3 is 10.3 Å². The van der Waals surface area contributed by atoms with Crippen molar-refractivity contribution in [1.29, 1.82) is 0 Å². The van der Waals surface area contributed by atoms with Crippen LogP contribution in [0.15, 0.2) is 48.7 Å². The number of benzene rings is 2. The molecule has 5 heteroatoms. The van der Waals surface area contributed by atoms with Gasteiger partial charge in [0.15, 0.2) is 0 Å². The maximum Gasteiger partial charge on any atom is 0.261 e. The molecular weight excluding hydrogens is 335 g/mol. The molecule has 0 aliphatic rings. The van der Waals surface area contributed by atoms with Crippen LogP contribution in [0.3, 0.4) is 0 Å². The number of aromatic nitrogens is 1. The number of hydrogen-bond acceptors (Lipinski definition) is 2. The number of rotatable bonds is 4. The molecule has 0 spiro atoms. The van der Waals surface area contributed by atoms with Crippen LogP contribution < -0.4 is 5.32 Å². The second-order valence-electron chi connectivity index (χ2n) is 6.03. The Labute approximate surface area is 148 Å². The van der Waals surface area contributed by atoms with Gasteiger partial charge in [0.05, 0.1) is 4.88 Å². The van der Waals surface area contributed by atoms with Crippen LogP contribution in [-0.4, -0.2) is 17.4 Å². The fraction of sp³-hybridized carbons (Fsp3) is 0.150. The molecule has 3 nitrogen and oxygen atoms in total. The first-order chi connectivity index (χ1) is 12.1. The van der Waals surface area contributed by atoms with Gasteiger partial charge in [0.25, 0.3) is 5.91 Å². The van der Waals surface area contributed by atoms with Crippen molar-refractivity contribution in [3.05, 3.63) is 70.5 Å². The smallest absolute Gasteiger partial charge is 0.261 e. The Bertz CT molecular complexity index is 1080. The summed E-state index contributed by atoms with van der Waals surface area (Å²) in [5.74, 6) is -0.415. The van der Waals surface area contributed by atoms with Crippen molar-refractivity contribution in [2.45, 2.75) is 13.3 Å². The summed E-state index contributed by atoms with van der Waals surface area (Å²) in [7, 11) is 0. The number of nitrogens with one attached hydrogen (secondary N) is 2. The molecule has 0 bridgehead atoms. The molecule has 0 aliphatic heterocycles. The molecule has 0 atom stereocenters. The van der Waals surface area contributed by atoms with Crippen molar-refractivity contribution in [2.24, 2.45) is 0 Å². The molecule has 4 aromatic rings. The molecule has 0 fully saturated rings. The first kappa shape index (κ1) is 15.8. The van der Waals surface area contributed by atoms with E-state index in [4.69, 9.17) is 0 Å². The van der Waals surface area contributed by atoms with Gasteiger partial charge in [-0.15, -0.1) is 11.3 Å². The van der Waals surface area contributed by atoms with E-state index in [1.807, 2.05) is 30.5 Å². The summed E-state index contributed by atoms with van der Waals surface area (Å²) in [6.45, 7) is 2.34. The lowest BCUT2D eigenvalue weighted by atomic mass is 10.1. The summed E-state index contributed by atoms with van der Waals surface area (Å²) < 4.78 is 14.8. The number of halogens is 1. The maximum atomic E-state index is 14.0. The second kappa shape index (κ2) is 6.33. The van der Waals surface area contributed by atoms with Crippen molar-refractivity contribution >= 4 is 38.2 Å². The molecule has 2 aromatic carbocycles. The zero-order chi connectivity index (χ0) is 17.4. The highest BCUT2D eigenvalue weighted by molar-refractivity contribution is 7.21. The average molecular weight is 352 g/mol. The van der Waals surface area contributed by atoms with E-state index in [0.29, 0.717) is 22.4 Å². The molecule has 126 valence electrons. The number of aryl methyl sites for hydroxylation is 1. The lowest BCUT2D eigenvalue weighted by Gasteiger charge is -2.04. The molecule has 4 rings (SSSR count). The van der Waals surface area contributed by atoms with Crippen molar-refractivity contribution in [3.8, 4) is 0 Å². The first-order valence-electron chi connectivity index (χ1n) is 8.16. The van der Waals surface area contributed by atoms with Gasteiger partial charge in [0, 0.05) is 33.7 Å². The van der Waals surface area contributed by atoms with Crippen LogP contribution in [-0.2, 0) is 6.42 Å². The van der Waals surface area contributed by atoms with Gasteiger partial charge in [0.2, 0.25) is 0 Å². The van der Waals surface area contributed by atoms with Crippen LogP contribution in [0.5, 0.6) is 0 Å². The highest BCUT2D eigenvalue weighted by atomic mass is 32.1. The van der Waals surface area contributed by atoms with Gasteiger partial charge in [-0.2, -0.15) is 0 Å². The highest BCUT2D eigenvalue weighted by Gasteiger charge is 2.17. The van der Waals surface area contributed by atoms with E-state index < -0.39 is 0 Å². The summed E-state index contributed by atoms with van der Waals surface area (Å²) in [5.41, 5.74) is 2.98. The number of carbonyl (C=O) groups excluding carboxylic acids is 1. The Kier molecular flexibility index (Phi) is 4.01. The van der Waals surface area contributed by atoms with Gasteiger partial charge in [-0.1, -0.05) is 24.3 Å². The molecule has 0 aliphatic carbocycles. The largest absolute Gasteiger partial charge is 0.361 e. The van der Waals surface area contributed by atoms with E-state index in [0.717, 1.165) is 16.6 Å². The van der Waals surface area contributed by atoms with E-state index in [1.165, 1.54) is 28.4 Å². The summed E-state index contributed by atoms with van der Waals surface area (Å²) in [5, 5.41) is 4.69. The topological polar surface area (TPSA) is 44.9 Å². The Morgan fingerprint density at radius 1 is 1.20 bits per heavy atom. The number of hydrogen-bond donors (Lipinski definition) is 2. The van der Waals surface area contributed by atoms with Crippen LogP contribution >= 0.6 is 11.3 Å². The van der Waals surface area contributed by atoms with Gasteiger partial charge in [-0.25, -0.2) is 4.39 Å². The number of aromatic amines is 1. The molecule has 1 amide bonds. The Morgan fingerprint density at radius 3 is 2.88 bits per heavy atom. The van der Waals surface area contributed by atoms with E-state index in [2.05, 4.69) is 16.4 Å². The van der Waals surface area contributed by atoms with E-state index >= 15 is 0 Å². The normalized spacial score (nSPS) is 11.3. The first-order valence-corrected chi connectivity index (χ1v) is 8.97. The number of thiophene rings is 1. The highest BCUT2D eigenvalue weighted by Crippen LogP contribution is 2.32. The lowest BCUT2D eigenvalue weighted by Crippen LogP contribution is -2.25. The van der Waals surface area contributed by atoms with Gasteiger partial charge in [-0.3, -0.25) is 4.79 Å². The minimum absolute atomic E-state index is 0.141. The summed E-state index contributed by atoms with van der Waals surface area (Å²) in [6.07, 6.45) is 2.73. The van der Waals surface area contributed by atoms with Crippen LogP contribution in [0.4, 0.5) is 4.39 Å². The quantitative estimate of drug-likeness (QED) is 0.544. The number of amides is 1. The Balaban J connectivity index is 1.49. The van der Waals surface area contributed by atoms with Crippen molar-refractivity contribution in [2.75, 3.05) is 6.54 Å². The Morgan fingerprint density at radius 2 is 2.04 bits per heavy atom. The maximum absolute atomic E-state index is 14.0. The van der Waals surface area contributed by atoms with Crippen LogP contribution in [0.1, 0.15) is 20.8 Å². The predicted octanol–water partition coefficient (Wildman–Crippen LogP) is 4.80. The lowest BCUT2D eigenvalue weighted by molar-refractivity contribution is 0.0958. The minimum atomic E-state index is -0.274. The minimum Gasteiger partial charge on any atom is -0.361 e.